The Balaban J connectivity index is 1.62. The summed E-state index contributed by atoms with van der Waals surface area (Å²) in [5.41, 5.74) is 1.35. The monoisotopic (exact) mass is 402 g/mol. The van der Waals surface area contributed by atoms with E-state index in [4.69, 9.17) is 21.1 Å². The Morgan fingerprint density at radius 3 is 2.50 bits per heavy atom. The molecule has 6 nitrogen and oxygen atoms in total. The number of hydrogen-bond acceptors (Lipinski definition) is 4. The summed E-state index contributed by atoms with van der Waals surface area (Å²) in [5.74, 6) is 1.07. The van der Waals surface area contributed by atoms with Crippen LogP contribution in [0.15, 0.2) is 42.5 Å². The van der Waals surface area contributed by atoms with Crippen molar-refractivity contribution in [2.45, 2.75) is 32.9 Å². The van der Waals surface area contributed by atoms with Crippen LogP contribution in [-0.2, 0) is 11.3 Å². The van der Waals surface area contributed by atoms with Crippen LogP contribution in [0.1, 0.15) is 36.2 Å². The van der Waals surface area contributed by atoms with E-state index < -0.39 is 6.04 Å². The number of ether oxygens (including phenoxy) is 2. The van der Waals surface area contributed by atoms with E-state index in [-0.39, 0.29) is 24.5 Å². The molecule has 1 heterocycles. The summed E-state index contributed by atoms with van der Waals surface area (Å²) in [6.45, 7) is 4.55. The van der Waals surface area contributed by atoms with E-state index in [1.54, 1.807) is 24.3 Å². The van der Waals surface area contributed by atoms with Gasteiger partial charge in [-0.25, -0.2) is 0 Å². The van der Waals surface area contributed by atoms with Crippen molar-refractivity contribution in [2.75, 3.05) is 6.79 Å². The van der Waals surface area contributed by atoms with Crippen LogP contribution >= 0.6 is 11.6 Å². The fourth-order valence-electron chi connectivity index (χ4n) is 2.91. The molecular formula is C21H23ClN2O4. The van der Waals surface area contributed by atoms with Gasteiger partial charge in [0.2, 0.25) is 12.7 Å². The summed E-state index contributed by atoms with van der Waals surface area (Å²) < 4.78 is 10.6. The second-order valence-electron chi connectivity index (χ2n) is 7.07. The first kappa shape index (κ1) is 20.0. The van der Waals surface area contributed by atoms with E-state index in [0.717, 1.165) is 5.56 Å². The van der Waals surface area contributed by atoms with Crippen LogP contribution in [0.3, 0.4) is 0 Å². The van der Waals surface area contributed by atoms with Crippen LogP contribution in [0.5, 0.6) is 11.5 Å². The summed E-state index contributed by atoms with van der Waals surface area (Å²) in [5, 5.41) is 6.27. The van der Waals surface area contributed by atoms with Gasteiger partial charge in [-0.15, -0.1) is 0 Å². The molecule has 0 saturated carbocycles. The lowest BCUT2D eigenvalue weighted by molar-refractivity contribution is -0.123. The van der Waals surface area contributed by atoms with Crippen molar-refractivity contribution in [3.05, 3.63) is 58.6 Å². The molecular weight excluding hydrogens is 380 g/mol. The molecule has 0 unspecified atom stereocenters. The predicted molar refractivity (Wildman–Crippen MR) is 107 cm³/mol. The molecule has 2 N–H and O–H groups in total. The zero-order valence-electron chi connectivity index (χ0n) is 15.8. The van der Waals surface area contributed by atoms with Crippen LogP contribution in [0, 0.1) is 5.92 Å². The summed E-state index contributed by atoms with van der Waals surface area (Å²) in [4.78, 5) is 25.2. The Bertz CT molecular complexity index is 852. The molecule has 1 aliphatic heterocycles. The summed E-state index contributed by atoms with van der Waals surface area (Å²) in [7, 11) is 0. The summed E-state index contributed by atoms with van der Waals surface area (Å²) in [6, 6.07) is 11.5. The molecule has 2 aromatic carbocycles. The molecule has 7 heteroatoms. The molecule has 0 bridgehead atoms. The maximum atomic E-state index is 12.7. The number of nitrogens with one attached hydrogen (secondary N) is 2. The molecule has 1 atom stereocenters. The van der Waals surface area contributed by atoms with Crippen LogP contribution in [0.4, 0.5) is 0 Å². The van der Waals surface area contributed by atoms with Gasteiger partial charge in [0.25, 0.3) is 5.91 Å². The number of amides is 2. The van der Waals surface area contributed by atoms with Crippen LogP contribution in [-0.4, -0.2) is 24.6 Å². The topological polar surface area (TPSA) is 76.7 Å². The number of hydrogen-bond donors (Lipinski definition) is 2. The molecule has 2 amide bonds. The van der Waals surface area contributed by atoms with Crippen molar-refractivity contribution in [2.24, 2.45) is 5.92 Å². The highest BCUT2D eigenvalue weighted by Gasteiger charge is 2.22. The number of rotatable bonds is 7. The van der Waals surface area contributed by atoms with Crippen molar-refractivity contribution in [3.63, 3.8) is 0 Å². The minimum Gasteiger partial charge on any atom is -0.454 e. The van der Waals surface area contributed by atoms with Gasteiger partial charge in [-0.05, 0) is 54.3 Å². The SMILES string of the molecule is CC(C)C[C@H](NC(=O)c1ccc(Cl)cc1)C(=O)NCc1ccc2c(c1)OCO2. The van der Waals surface area contributed by atoms with Gasteiger partial charge in [0.1, 0.15) is 6.04 Å². The maximum Gasteiger partial charge on any atom is 0.251 e. The Morgan fingerprint density at radius 2 is 1.79 bits per heavy atom. The van der Waals surface area contributed by atoms with Crippen molar-refractivity contribution >= 4 is 23.4 Å². The third-order valence-corrected chi connectivity index (χ3v) is 4.59. The Kier molecular flexibility index (Phi) is 6.41. The first-order chi connectivity index (χ1) is 13.4. The molecule has 0 aliphatic carbocycles. The standard InChI is InChI=1S/C21H23ClN2O4/c1-13(2)9-17(24-20(25)15-4-6-16(22)7-5-15)21(26)23-11-14-3-8-18-19(10-14)28-12-27-18/h3-8,10,13,17H,9,11-12H2,1-2H3,(H,23,26)(H,24,25)/t17-/m0/s1. The molecule has 0 saturated heterocycles. The average molecular weight is 403 g/mol. The van der Waals surface area contributed by atoms with Gasteiger partial charge in [-0.3, -0.25) is 9.59 Å². The lowest BCUT2D eigenvalue weighted by atomic mass is 10.0. The van der Waals surface area contributed by atoms with E-state index in [9.17, 15) is 9.59 Å². The van der Waals surface area contributed by atoms with Crippen molar-refractivity contribution in [1.29, 1.82) is 0 Å². The van der Waals surface area contributed by atoms with E-state index >= 15 is 0 Å². The van der Waals surface area contributed by atoms with E-state index in [1.165, 1.54) is 0 Å². The fourth-order valence-corrected chi connectivity index (χ4v) is 3.04. The normalized spacial score (nSPS) is 13.3. The number of benzene rings is 2. The van der Waals surface area contributed by atoms with Crippen LogP contribution < -0.4 is 20.1 Å². The van der Waals surface area contributed by atoms with Gasteiger partial charge in [0, 0.05) is 17.1 Å². The number of halogens is 1. The summed E-state index contributed by atoms with van der Waals surface area (Å²) in [6.07, 6.45) is 0.534. The minimum atomic E-state index is -0.628. The maximum absolute atomic E-state index is 12.7. The number of fused-ring (bicyclic) bond motifs is 1. The Hall–Kier alpha value is -2.73. The highest BCUT2D eigenvalue weighted by atomic mass is 35.5. The van der Waals surface area contributed by atoms with Gasteiger partial charge in [-0.1, -0.05) is 31.5 Å². The third-order valence-electron chi connectivity index (χ3n) is 4.34. The first-order valence-corrected chi connectivity index (χ1v) is 9.53. The zero-order chi connectivity index (χ0) is 20.1. The lowest BCUT2D eigenvalue weighted by Crippen LogP contribution is -2.47. The van der Waals surface area contributed by atoms with E-state index in [2.05, 4.69) is 10.6 Å². The van der Waals surface area contributed by atoms with Crippen molar-refractivity contribution < 1.29 is 19.1 Å². The molecule has 1 aliphatic rings. The average Bonchev–Trinajstić information content (AvgIpc) is 3.13. The molecule has 0 spiro atoms. The second-order valence-corrected chi connectivity index (χ2v) is 7.50. The molecule has 3 rings (SSSR count). The molecule has 0 fully saturated rings. The van der Waals surface area contributed by atoms with Gasteiger partial charge < -0.3 is 20.1 Å². The van der Waals surface area contributed by atoms with Gasteiger partial charge in [0.15, 0.2) is 11.5 Å². The second kappa shape index (κ2) is 8.97. The fraction of sp³-hybridized carbons (Fsp3) is 0.333. The lowest BCUT2D eigenvalue weighted by Gasteiger charge is -2.20. The predicted octanol–water partition coefficient (Wildman–Crippen LogP) is 3.53. The number of carbonyl (C=O) groups is 2. The highest BCUT2D eigenvalue weighted by molar-refractivity contribution is 6.30. The largest absolute Gasteiger partial charge is 0.454 e. The summed E-state index contributed by atoms with van der Waals surface area (Å²) >= 11 is 5.86. The molecule has 148 valence electrons. The van der Waals surface area contributed by atoms with Crippen molar-refractivity contribution in [3.8, 4) is 11.5 Å². The molecule has 0 aromatic heterocycles. The molecule has 0 radical (unpaired) electrons. The quantitative estimate of drug-likeness (QED) is 0.742. The molecule has 28 heavy (non-hydrogen) atoms. The third kappa shape index (κ3) is 5.16. The van der Waals surface area contributed by atoms with Gasteiger partial charge in [-0.2, -0.15) is 0 Å². The first-order valence-electron chi connectivity index (χ1n) is 9.15. The van der Waals surface area contributed by atoms with Gasteiger partial charge >= 0.3 is 0 Å². The molecule has 2 aromatic rings. The van der Waals surface area contributed by atoms with Gasteiger partial charge in [0.05, 0.1) is 0 Å². The highest BCUT2D eigenvalue weighted by Crippen LogP contribution is 2.32. The smallest absolute Gasteiger partial charge is 0.251 e. The number of carbonyl (C=O) groups excluding carboxylic acids is 2. The zero-order valence-corrected chi connectivity index (χ0v) is 16.6. The van der Waals surface area contributed by atoms with Crippen molar-refractivity contribution in [1.82, 2.24) is 10.6 Å². The van der Waals surface area contributed by atoms with E-state index in [1.807, 2.05) is 32.0 Å². The van der Waals surface area contributed by atoms with Crippen LogP contribution in [0.25, 0.3) is 0 Å². The van der Waals surface area contributed by atoms with Crippen LogP contribution in [0.2, 0.25) is 5.02 Å². The Morgan fingerprint density at radius 1 is 1.07 bits per heavy atom. The Labute approximate surface area is 169 Å². The minimum absolute atomic E-state index is 0.207. The van der Waals surface area contributed by atoms with E-state index in [0.29, 0.717) is 35.1 Å².